The SMILES string of the molecule is CCCCCCCCC(CCCCCCCC)OC(=O)CCCCCCCN(CCCCCCCC(=O)OC(C)CCCCCCC)CCCC(=O)OC(C)(C)C. The van der Waals surface area contributed by atoms with Crippen LogP contribution in [0.2, 0.25) is 0 Å². The van der Waals surface area contributed by atoms with E-state index >= 15 is 0 Å². The van der Waals surface area contributed by atoms with Gasteiger partial charge in [0.25, 0.3) is 0 Å². The van der Waals surface area contributed by atoms with E-state index in [-0.39, 0.29) is 30.1 Å². The minimum Gasteiger partial charge on any atom is -0.463 e. The minimum absolute atomic E-state index is 0.00570. The van der Waals surface area contributed by atoms with E-state index in [0.717, 1.165) is 116 Å². The van der Waals surface area contributed by atoms with Crippen LogP contribution < -0.4 is 0 Å². The molecule has 0 aliphatic heterocycles. The zero-order valence-electron chi connectivity index (χ0n) is 39.2. The molecule has 0 fully saturated rings. The average Bonchev–Trinajstić information content (AvgIpc) is 3.15. The monoisotopic (exact) mass is 808 g/mol. The molecule has 1 unspecified atom stereocenters. The summed E-state index contributed by atoms with van der Waals surface area (Å²) in [6, 6.07) is 0. The summed E-state index contributed by atoms with van der Waals surface area (Å²) in [6.45, 7) is 17.5. The highest BCUT2D eigenvalue weighted by atomic mass is 16.6. The van der Waals surface area contributed by atoms with Crippen LogP contribution in [0.3, 0.4) is 0 Å². The van der Waals surface area contributed by atoms with Crippen molar-refractivity contribution in [3.8, 4) is 0 Å². The van der Waals surface area contributed by atoms with Crippen LogP contribution in [0.1, 0.15) is 267 Å². The van der Waals surface area contributed by atoms with E-state index in [0.29, 0.717) is 19.3 Å². The zero-order chi connectivity index (χ0) is 42.2. The summed E-state index contributed by atoms with van der Waals surface area (Å²) in [5, 5.41) is 0. The molecule has 0 saturated heterocycles. The first-order chi connectivity index (χ1) is 27.5. The number of carbonyl (C=O) groups is 3. The molecule has 57 heavy (non-hydrogen) atoms. The standard InChI is InChI=1S/C50H97NO6/c1-8-11-14-17-22-29-37-46(38-30-23-18-15-12-9-2)56-48(53)40-32-25-20-27-34-43-51(44-35-41-49(54)57-50(5,6)7)42-33-26-19-24-31-39-47(52)55-45(4)36-28-21-16-13-10-3/h45-46H,8-44H2,1-7H3. The molecule has 0 aliphatic rings. The second-order valence-electron chi connectivity index (χ2n) is 18.3. The van der Waals surface area contributed by atoms with Gasteiger partial charge in [0.15, 0.2) is 0 Å². The molecule has 1 atom stereocenters. The minimum atomic E-state index is -0.445. The predicted molar refractivity (Wildman–Crippen MR) is 242 cm³/mol. The van der Waals surface area contributed by atoms with Crippen molar-refractivity contribution in [2.24, 2.45) is 0 Å². The predicted octanol–water partition coefficient (Wildman–Crippen LogP) is 14.8. The largest absolute Gasteiger partial charge is 0.463 e. The molecule has 7 nitrogen and oxygen atoms in total. The third-order valence-electron chi connectivity index (χ3n) is 11.1. The van der Waals surface area contributed by atoms with Crippen LogP contribution in [0.15, 0.2) is 0 Å². The van der Waals surface area contributed by atoms with Gasteiger partial charge in [0.05, 0.1) is 6.10 Å². The van der Waals surface area contributed by atoms with Crippen molar-refractivity contribution in [1.29, 1.82) is 0 Å². The fourth-order valence-corrected chi connectivity index (χ4v) is 7.63. The molecule has 0 aliphatic carbocycles. The van der Waals surface area contributed by atoms with E-state index in [2.05, 4.69) is 25.7 Å². The quantitative estimate of drug-likeness (QED) is 0.0345. The van der Waals surface area contributed by atoms with Crippen LogP contribution in [-0.2, 0) is 28.6 Å². The molecule has 0 bridgehead atoms. The summed E-state index contributed by atoms with van der Waals surface area (Å²) in [5.74, 6) is -0.151. The van der Waals surface area contributed by atoms with Gasteiger partial charge < -0.3 is 19.1 Å². The van der Waals surface area contributed by atoms with Crippen molar-refractivity contribution < 1.29 is 28.6 Å². The van der Waals surface area contributed by atoms with Gasteiger partial charge in [-0.1, -0.05) is 149 Å². The van der Waals surface area contributed by atoms with Gasteiger partial charge in [-0.3, -0.25) is 14.4 Å². The van der Waals surface area contributed by atoms with Gasteiger partial charge in [-0.15, -0.1) is 0 Å². The summed E-state index contributed by atoms with van der Waals surface area (Å²) >= 11 is 0. The fraction of sp³-hybridized carbons (Fsp3) is 0.940. The van der Waals surface area contributed by atoms with Gasteiger partial charge in [-0.25, -0.2) is 0 Å². The Kier molecular flexibility index (Phi) is 38.7. The van der Waals surface area contributed by atoms with E-state index in [9.17, 15) is 14.4 Å². The third kappa shape index (κ3) is 40.9. The van der Waals surface area contributed by atoms with E-state index in [1.807, 2.05) is 27.7 Å². The van der Waals surface area contributed by atoms with Crippen molar-refractivity contribution >= 4 is 17.9 Å². The third-order valence-corrected chi connectivity index (χ3v) is 11.1. The fourth-order valence-electron chi connectivity index (χ4n) is 7.63. The van der Waals surface area contributed by atoms with E-state index in [1.165, 1.54) is 103 Å². The Morgan fingerprint density at radius 1 is 0.421 bits per heavy atom. The number of rotatable bonds is 42. The first-order valence-electron chi connectivity index (χ1n) is 24.8. The van der Waals surface area contributed by atoms with Gasteiger partial charge in [0.1, 0.15) is 11.7 Å². The normalized spacial score (nSPS) is 12.4. The maximum Gasteiger partial charge on any atom is 0.306 e. The van der Waals surface area contributed by atoms with E-state index in [4.69, 9.17) is 14.2 Å². The lowest BCUT2D eigenvalue weighted by Gasteiger charge is -2.23. The number of ether oxygens (including phenoxy) is 3. The number of hydrogen-bond acceptors (Lipinski definition) is 7. The van der Waals surface area contributed by atoms with Crippen LogP contribution in [0.25, 0.3) is 0 Å². The van der Waals surface area contributed by atoms with E-state index in [1.54, 1.807) is 0 Å². The van der Waals surface area contributed by atoms with Crippen LogP contribution in [0, 0.1) is 0 Å². The van der Waals surface area contributed by atoms with Crippen LogP contribution in [0.5, 0.6) is 0 Å². The molecule has 0 N–H and O–H groups in total. The summed E-state index contributed by atoms with van der Waals surface area (Å²) in [4.78, 5) is 40.0. The molecule has 0 heterocycles. The zero-order valence-corrected chi connectivity index (χ0v) is 39.2. The van der Waals surface area contributed by atoms with Crippen molar-refractivity contribution in [2.75, 3.05) is 19.6 Å². The molecule has 7 heteroatoms. The molecule has 0 spiro atoms. The Morgan fingerprint density at radius 3 is 1.23 bits per heavy atom. The highest BCUT2D eigenvalue weighted by Gasteiger charge is 2.17. The molecule has 0 radical (unpaired) electrons. The number of esters is 3. The summed E-state index contributed by atoms with van der Waals surface area (Å²) in [6.07, 6.45) is 37.8. The first kappa shape index (κ1) is 55.4. The van der Waals surface area contributed by atoms with Gasteiger partial charge in [0, 0.05) is 19.3 Å². The second-order valence-corrected chi connectivity index (χ2v) is 18.3. The lowest BCUT2D eigenvalue weighted by molar-refractivity contribution is -0.155. The lowest BCUT2D eigenvalue weighted by atomic mass is 10.0. The highest BCUT2D eigenvalue weighted by molar-refractivity contribution is 5.70. The van der Waals surface area contributed by atoms with Gasteiger partial charge in [-0.2, -0.15) is 0 Å². The van der Waals surface area contributed by atoms with Crippen LogP contribution in [-0.4, -0.2) is 60.3 Å². The Labute approximate surface area is 354 Å². The summed E-state index contributed by atoms with van der Waals surface area (Å²) in [7, 11) is 0. The number of carbonyl (C=O) groups excluding carboxylic acids is 3. The summed E-state index contributed by atoms with van der Waals surface area (Å²) < 4.78 is 17.2. The molecular weight excluding hydrogens is 711 g/mol. The average molecular weight is 808 g/mol. The van der Waals surface area contributed by atoms with Gasteiger partial charge in [0.2, 0.25) is 0 Å². The Balaban J connectivity index is 4.49. The topological polar surface area (TPSA) is 82.1 Å². The second kappa shape index (κ2) is 39.8. The molecule has 0 saturated carbocycles. The van der Waals surface area contributed by atoms with Crippen LogP contribution in [0.4, 0.5) is 0 Å². The van der Waals surface area contributed by atoms with E-state index < -0.39 is 5.60 Å². The molecule has 0 aromatic carbocycles. The lowest BCUT2D eigenvalue weighted by Crippen LogP contribution is -2.29. The van der Waals surface area contributed by atoms with Gasteiger partial charge >= 0.3 is 17.9 Å². The molecular formula is C50H97NO6. The number of unbranched alkanes of at least 4 members (excludes halogenated alkanes) is 22. The molecule has 0 aromatic rings. The first-order valence-corrected chi connectivity index (χ1v) is 24.8. The highest BCUT2D eigenvalue weighted by Crippen LogP contribution is 2.19. The number of hydrogen-bond donors (Lipinski definition) is 0. The Bertz CT molecular complexity index is 901. The maximum atomic E-state index is 12.8. The van der Waals surface area contributed by atoms with Crippen molar-refractivity contribution in [3.05, 3.63) is 0 Å². The Morgan fingerprint density at radius 2 is 0.772 bits per heavy atom. The van der Waals surface area contributed by atoms with Crippen molar-refractivity contribution in [3.63, 3.8) is 0 Å². The molecule has 0 rings (SSSR count). The van der Waals surface area contributed by atoms with Crippen molar-refractivity contribution in [1.82, 2.24) is 4.90 Å². The Hall–Kier alpha value is -1.63. The molecule has 0 amide bonds. The molecule has 338 valence electrons. The number of nitrogens with zero attached hydrogens (tertiary/aromatic N) is 1. The van der Waals surface area contributed by atoms with Crippen molar-refractivity contribution in [2.45, 2.75) is 285 Å². The van der Waals surface area contributed by atoms with Gasteiger partial charge in [-0.05, 0) is 118 Å². The maximum absolute atomic E-state index is 12.8. The molecule has 0 aromatic heterocycles. The van der Waals surface area contributed by atoms with Crippen LogP contribution >= 0.6 is 0 Å². The summed E-state index contributed by atoms with van der Waals surface area (Å²) in [5.41, 5.74) is -0.445. The smallest absolute Gasteiger partial charge is 0.306 e.